The predicted molar refractivity (Wildman–Crippen MR) is 129 cm³/mol. The number of aryl methyl sites for hydroxylation is 1. The van der Waals surface area contributed by atoms with Gasteiger partial charge in [0.05, 0.1) is 27.9 Å². The quantitative estimate of drug-likeness (QED) is 0.637. The van der Waals surface area contributed by atoms with Gasteiger partial charge in [0.2, 0.25) is 0 Å². The summed E-state index contributed by atoms with van der Waals surface area (Å²) in [5.41, 5.74) is 4.35. The third-order valence-corrected chi connectivity index (χ3v) is 6.74. The lowest BCUT2D eigenvalue weighted by molar-refractivity contribution is 0.0910. The average Bonchev–Trinajstić information content (AvgIpc) is 3.58. The second kappa shape index (κ2) is 8.52. The van der Waals surface area contributed by atoms with Crippen LogP contribution in [0.2, 0.25) is 0 Å². The minimum atomic E-state index is -0.199. The first-order valence-corrected chi connectivity index (χ1v) is 12.1. The molecule has 0 atom stereocenters. The molecule has 1 saturated carbocycles. The van der Waals surface area contributed by atoms with Crippen LogP contribution in [0.3, 0.4) is 0 Å². The van der Waals surface area contributed by atoms with Crippen molar-refractivity contribution in [1.29, 1.82) is 0 Å². The Hall–Kier alpha value is -2.80. The van der Waals surface area contributed by atoms with Crippen LogP contribution in [0.15, 0.2) is 30.5 Å². The number of nitrogens with one attached hydrogen (secondary N) is 1. The third kappa shape index (κ3) is 4.64. The number of likely N-dealkylation sites (tertiary alicyclic amines) is 1. The van der Waals surface area contributed by atoms with Crippen LogP contribution < -0.4 is 5.32 Å². The molecule has 1 aliphatic heterocycles. The zero-order valence-corrected chi connectivity index (χ0v) is 20.1. The van der Waals surface area contributed by atoms with Crippen molar-refractivity contribution < 1.29 is 4.79 Å². The molecule has 1 N–H and O–H groups in total. The van der Waals surface area contributed by atoms with Gasteiger partial charge in [-0.15, -0.1) is 0 Å². The molecule has 1 aliphatic carbocycles. The SMILES string of the molecule is Cc1nn(C(C)(C)C)c2nc(C3CC3)cc(C(=O)NC3CCN(Cc4ccccn4)CC3)c12. The summed E-state index contributed by atoms with van der Waals surface area (Å²) in [6, 6.07) is 8.25. The van der Waals surface area contributed by atoms with Crippen molar-refractivity contribution in [3.8, 4) is 0 Å². The molecule has 7 nitrogen and oxygen atoms in total. The molecule has 7 heteroatoms. The van der Waals surface area contributed by atoms with Gasteiger partial charge in [-0.05, 0) is 71.6 Å². The highest BCUT2D eigenvalue weighted by molar-refractivity contribution is 6.06. The Labute approximate surface area is 195 Å². The molecule has 1 amide bonds. The van der Waals surface area contributed by atoms with Crippen LogP contribution in [-0.2, 0) is 12.1 Å². The van der Waals surface area contributed by atoms with E-state index in [1.165, 1.54) is 0 Å². The zero-order chi connectivity index (χ0) is 23.2. The monoisotopic (exact) mass is 446 g/mol. The van der Waals surface area contributed by atoms with E-state index in [2.05, 4.69) is 42.0 Å². The van der Waals surface area contributed by atoms with E-state index < -0.39 is 0 Å². The van der Waals surface area contributed by atoms with Gasteiger partial charge in [-0.2, -0.15) is 5.10 Å². The molecule has 0 radical (unpaired) electrons. The molecule has 3 aromatic heterocycles. The van der Waals surface area contributed by atoms with Crippen molar-refractivity contribution in [2.24, 2.45) is 0 Å². The molecule has 4 heterocycles. The van der Waals surface area contributed by atoms with Gasteiger partial charge in [0.1, 0.15) is 0 Å². The van der Waals surface area contributed by atoms with Crippen molar-refractivity contribution in [3.63, 3.8) is 0 Å². The maximum atomic E-state index is 13.5. The highest BCUT2D eigenvalue weighted by Crippen LogP contribution is 2.41. The Morgan fingerprint density at radius 3 is 2.55 bits per heavy atom. The van der Waals surface area contributed by atoms with Crippen molar-refractivity contribution in [1.82, 2.24) is 30.0 Å². The summed E-state index contributed by atoms with van der Waals surface area (Å²) in [6.45, 7) is 11.1. The Kier molecular flexibility index (Phi) is 5.69. The largest absolute Gasteiger partial charge is 0.349 e. The normalized spacial score (nSPS) is 18.1. The van der Waals surface area contributed by atoms with Crippen molar-refractivity contribution in [2.75, 3.05) is 13.1 Å². The molecular formula is C26H34N6O. The summed E-state index contributed by atoms with van der Waals surface area (Å²) >= 11 is 0. The topological polar surface area (TPSA) is 75.9 Å². The number of aromatic nitrogens is 4. The lowest BCUT2D eigenvalue weighted by Gasteiger charge is -2.32. The van der Waals surface area contributed by atoms with Crippen LogP contribution in [0.25, 0.3) is 11.0 Å². The maximum Gasteiger partial charge on any atom is 0.252 e. The second-order valence-electron chi connectivity index (χ2n) is 10.6. The second-order valence-corrected chi connectivity index (χ2v) is 10.6. The fourth-order valence-electron chi connectivity index (χ4n) is 4.76. The Morgan fingerprint density at radius 2 is 1.91 bits per heavy atom. The number of hydrogen-bond donors (Lipinski definition) is 1. The lowest BCUT2D eigenvalue weighted by Crippen LogP contribution is -2.44. The van der Waals surface area contributed by atoms with Crippen LogP contribution in [0.5, 0.6) is 0 Å². The molecular weight excluding hydrogens is 412 g/mol. The number of piperidine rings is 1. The van der Waals surface area contributed by atoms with Gasteiger partial charge >= 0.3 is 0 Å². The van der Waals surface area contributed by atoms with E-state index in [4.69, 9.17) is 10.1 Å². The predicted octanol–water partition coefficient (Wildman–Crippen LogP) is 4.16. The van der Waals surface area contributed by atoms with E-state index in [1.807, 2.05) is 36.0 Å². The van der Waals surface area contributed by atoms with E-state index in [1.54, 1.807) is 0 Å². The number of rotatable bonds is 5. The summed E-state index contributed by atoms with van der Waals surface area (Å²) in [5, 5.41) is 9.00. The van der Waals surface area contributed by atoms with Gasteiger partial charge in [0.15, 0.2) is 5.65 Å². The highest BCUT2D eigenvalue weighted by atomic mass is 16.1. The van der Waals surface area contributed by atoms with Gasteiger partial charge in [-0.1, -0.05) is 6.07 Å². The van der Waals surface area contributed by atoms with E-state index in [9.17, 15) is 4.79 Å². The van der Waals surface area contributed by atoms with Crippen LogP contribution in [0, 0.1) is 6.92 Å². The molecule has 0 bridgehead atoms. The van der Waals surface area contributed by atoms with Crippen molar-refractivity contribution >= 4 is 16.9 Å². The van der Waals surface area contributed by atoms with E-state index >= 15 is 0 Å². The Morgan fingerprint density at radius 1 is 1.15 bits per heavy atom. The number of carbonyl (C=O) groups excluding carboxylic acids is 1. The minimum Gasteiger partial charge on any atom is -0.349 e. The van der Waals surface area contributed by atoms with Crippen LogP contribution >= 0.6 is 0 Å². The van der Waals surface area contributed by atoms with Crippen molar-refractivity contribution in [3.05, 3.63) is 53.1 Å². The van der Waals surface area contributed by atoms with E-state index in [-0.39, 0.29) is 17.5 Å². The maximum absolute atomic E-state index is 13.5. The van der Waals surface area contributed by atoms with Crippen LogP contribution in [0.1, 0.15) is 79.8 Å². The smallest absolute Gasteiger partial charge is 0.252 e. The highest BCUT2D eigenvalue weighted by Gasteiger charge is 2.31. The van der Waals surface area contributed by atoms with Gasteiger partial charge in [0, 0.05) is 43.5 Å². The molecule has 2 fully saturated rings. The summed E-state index contributed by atoms with van der Waals surface area (Å²) in [7, 11) is 0. The lowest BCUT2D eigenvalue weighted by atomic mass is 10.0. The number of carbonyl (C=O) groups is 1. The van der Waals surface area contributed by atoms with Gasteiger partial charge in [0.25, 0.3) is 5.91 Å². The van der Waals surface area contributed by atoms with Crippen LogP contribution in [-0.4, -0.2) is 49.7 Å². The molecule has 174 valence electrons. The van der Waals surface area contributed by atoms with Crippen LogP contribution in [0.4, 0.5) is 0 Å². The van der Waals surface area contributed by atoms with Crippen molar-refractivity contribution in [2.45, 2.75) is 77.4 Å². The summed E-state index contributed by atoms with van der Waals surface area (Å²) in [6.07, 6.45) is 6.04. The zero-order valence-electron chi connectivity index (χ0n) is 20.1. The average molecular weight is 447 g/mol. The van der Waals surface area contributed by atoms with Gasteiger partial charge < -0.3 is 5.32 Å². The molecule has 0 aromatic carbocycles. The van der Waals surface area contributed by atoms with Gasteiger partial charge in [-0.25, -0.2) is 9.67 Å². The Bertz CT molecular complexity index is 1150. The molecule has 0 unspecified atom stereocenters. The fourth-order valence-corrected chi connectivity index (χ4v) is 4.76. The standard InChI is InChI=1S/C26H34N6O/c1-17-23-21(15-22(18-8-9-18)29-24(23)32(30-17)26(2,3)4)25(33)28-19-10-13-31(14-11-19)16-20-7-5-6-12-27-20/h5-7,12,15,18-19H,8-11,13-14,16H2,1-4H3,(H,28,33). The molecule has 5 rings (SSSR count). The number of amides is 1. The van der Waals surface area contributed by atoms with E-state index in [0.717, 1.165) is 79.0 Å². The molecule has 3 aromatic rings. The summed E-state index contributed by atoms with van der Waals surface area (Å²) < 4.78 is 1.98. The number of fused-ring (bicyclic) bond motifs is 1. The molecule has 2 aliphatic rings. The molecule has 1 saturated heterocycles. The van der Waals surface area contributed by atoms with E-state index in [0.29, 0.717) is 5.92 Å². The Balaban J connectivity index is 1.34. The minimum absolute atomic E-state index is 0.00374. The summed E-state index contributed by atoms with van der Waals surface area (Å²) in [4.78, 5) is 25.3. The first-order valence-electron chi connectivity index (χ1n) is 12.1. The molecule has 33 heavy (non-hydrogen) atoms. The fraction of sp³-hybridized carbons (Fsp3) is 0.538. The number of pyridine rings is 2. The molecule has 0 spiro atoms. The third-order valence-electron chi connectivity index (χ3n) is 6.74. The number of nitrogens with zero attached hydrogens (tertiary/aromatic N) is 5. The first kappa shape index (κ1) is 22.0. The number of hydrogen-bond acceptors (Lipinski definition) is 5. The first-order chi connectivity index (χ1) is 15.8. The summed E-state index contributed by atoms with van der Waals surface area (Å²) in [5.74, 6) is 0.475. The van der Waals surface area contributed by atoms with Gasteiger partial charge in [-0.3, -0.25) is 14.7 Å².